The molecule has 0 aliphatic heterocycles. The Morgan fingerprint density at radius 1 is 0.625 bits per heavy atom. The molecular formula is C38H37SiTi. The first-order valence-corrected chi connectivity index (χ1v) is 21.9. The van der Waals surface area contributed by atoms with E-state index in [1.807, 2.05) is 0 Å². The SMILES string of the molecule is C[SiH](C)[Ti]([c]1cccc2c1Cc1ccccc1-2)[CH]1C=Cc2ccccc21.c1ccc(CCc2ccccc2)cc1. The Morgan fingerprint density at radius 2 is 1.23 bits per heavy atom. The summed E-state index contributed by atoms with van der Waals surface area (Å²) >= 11 is -1.43. The summed E-state index contributed by atoms with van der Waals surface area (Å²) < 4.78 is 2.47. The summed E-state index contributed by atoms with van der Waals surface area (Å²) in [5.41, 5.74) is 12.0. The first kappa shape index (κ1) is 27.0. The number of benzene rings is 5. The third-order valence-corrected chi connectivity index (χ3v) is 21.7. The van der Waals surface area contributed by atoms with Crippen molar-refractivity contribution in [2.24, 2.45) is 0 Å². The molecule has 7 rings (SSSR count). The van der Waals surface area contributed by atoms with Gasteiger partial charge in [-0.1, -0.05) is 60.7 Å². The van der Waals surface area contributed by atoms with Crippen LogP contribution in [-0.2, 0) is 36.4 Å². The van der Waals surface area contributed by atoms with Gasteiger partial charge in [0.2, 0.25) is 0 Å². The Balaban J connectivity index is 0.000000175. The zero-order chi connectivity index (χ0) is 27.3. The van der Waals surface area contributed by atoms with Gasteiger partial charge in [0.05, 0.1) is 0 Å². The summed E-state index contributed by atoms with van der Waals surface area (Å²) in [6.45, 7) is 4.44. The maximum Gasteiger partial charge on any atom is -0.0238 e. The zero-order valence-electron chi connectivity index (χ0n) is 23.6. The van der Waals surface area contributed by atoms with Gasteiger partial charge < -0.3 is 0 Å². The van der Waals surface area contributed by atoms with Crippen LogP contribution in [0.4, 0.5) is 0 Å². The monoisotopic (exact) mass is 569 g/mol. The van der Waals surface area contributed by atoms with E-state index in [0.717, 1.165) is 19.3 Å². The Morgan fingerprint density at radius 3 is 1.93 bits per heavy atom. The Hall–Kier alpha value is -3.23. The molecule has 2 heteroatoms. The van der Waals surface area contributed by atoms with Crippen LogP contribution < -0.4 is 3.87 Å². The number of aryl methyl sites for hydroxylation is 2. The van der Waals surface area contributed by atoms with Crippen molar-refractivity contribution < 1.29 is 17.1 Å². The second-order valence-electron chi connectivity index (χ2n) is 11.2. The van der Waals surface area contributed by atoms with Crippen LogP contribution in [0.5, 0.6) is 0 Å². The molecule has 0 nitrogen and oxygen atoms in total. The summed E-state index contributed by atoms with van der Waals surface area (Å²) in [4.78, 5) is 0. The molecule has 197 valence electrons. The van der Waals surface area contributed by atoms with Crippen molar-refractivity contribution in [3.8, 4) is 11.1 Å². The van der Waals surface area contributed by atoms with Crippen molar-refractivity contribution in [1.29, 1.82) is 0 Å². The van der Waals surface area contributed by atoms with Gasteiger partial charge in [-0.2, -0.15) is 0 Å². The molecule has 5 aromatic rings. The van der Waals surface area contributed by atoms with Crippen molar-refractivity contribution in [1.82, 2.24) is 0 Å². The van der Waals surface area contributed by atoms with Crippen LogP contribution in [-0.4, -0.2) is 6.66 Å². The third-order valence-electron chi connectivity index (χ3n) is 8.31. The van der Waals surface area contributed by atoms with E-state index in [-0.39, 0.29) is 0 Å². The minimum absolute atomic E-state index is 0.702. The maximum absolute atomic E-state index is 2.59. The number of allylic oxidation sites excluding steroid dienone is 1. The van der Waals surface area contributed by atoms with E-state index in [1.54, 1.807) is 15.0 Å². The van der Waals surface area contributed by atoms with Gasteiger partial charge in [-0.25, -0.2) is 0 Å². The first-order chi connectivity index (χ1) is 19.7. The average molecular weight is 570 g/mol. The third kappa shape index (κ3) is 5.79. The molecule has 1 atom stereocenters. The van der Waals surface area contributed by atoms with Crippen LogP contribution in [0, 0.1) is 0 Å². The predicted molar refractivity (Wildman–Crippen MR) is 172 cm³/mol. The molecule has 2 aliphatic carbocycles. The van der Waals surface area contributed by atoms with Gasteiger partial charge in [0, 0.05) is 0 Å². The van der Waals surface area contributed by atoms with Crippen molar-refractivity contribution >= 4 is 16.6 Å². The van der Waals surface area contributed by atoms with Crippen molar-refractivity contribution in [3.63, 3.8) is 0 Å². The van der Waals surface area contributed by atoms with Gasteiger partial charge in [-0.3, -0.25) is 0 Å². The van der Waals surface area contributed by atoms with Gasteiger partial charge in [-0.05, 0) is 24.0 Å². The van der Waals surface area contributed by atoms with Crippen molar-refractivity contribution in [2.75, 3.05) is 0 Å². The molecule has 2 aliphatic rings. The number of fused-ring (bicyclic) bond motifs is 4. The standard InChI is InChI=1S/C14H14.C13H9.C9H7.C2H7Si.Ti/c1-3-7-13(8-4-1)11-12-14-9-5-2-6-10-14;1-3-7-12-10(5-1)9-11-6-2-4-8-13(11)12;1-2-5-9-7-3-6-8(9)4-1;1-3-2;/h1-10H,11-12H2;1-5,7-8H,9H2;1-7H;3H,1-2H3;. The smallest absolute Gasteiger partial charge is 0.0238 e. The topological polar surface area (TPSA) is 0 Å². The van der Waals surface area contributed by atoms with Crippen LogP contribution in [0.2, 0.25) is 13.1 Å². The molecule has 0 radical (unpaired) electrons. The minimum Gasteiger partial charge on any atom is -0.0622 e. The quantitative estimate of drug-likeness (QED) is 0.176. The summed E-state index contributed by atoms with van der Waals surface area (Å²) in [7, 11) is 0. The van der Waals surface area contributed by atoms with E-state index in [9.17, 15) is 0 Å². The van der Waals surface area contributed by atoms with Crippen LogP contribution in [0.1, 0.15) is 37.6 Å². The van der Waals surface area contributed by atoms with E-state index in [2.05, 4.69) is 153 Å². The fourth-order valence-electron chi connectivity index (χ4n) is 6.36. The minimum atomic E-state index is -1.43. The molecule has 0 fully saturated rings. The van der Waals surface area contributed by atoms with Crippen molar-refractivity contribution in [2.45, 2.75) is 36.6 Å². The Kier molecular flexibility index (Phi) is 8.44. The van der Waals surface area contributed by atoms with Crippen LogP contribution >= 0.6 is 0 Å². The molecule has 0 spiro atoms. The van der Waals surface area contributed by atoms with E-state index < -0.39 is 23.8 Å². The predicted octanol–water partition coefficient (Wildman–Crippen LogP) is 8.72. The van der Waals surface area contributed by atoms with E-state index in [0.29, 0.717) is 4.22 Å². The summed E-state index contributed by atoms with van der Waals surface area (Å²) in [6, 6.07) is 46.5. The summed E-state index contributed by atoms with van der Waals surface area (Å²) in [5.74, 6) is 0. The van der Waals surface area contributed by atoms with Gasteiger partial charge in [0.1, 0.15) is 0 Å². The van der Waals surface area contributed by atoms with E-state index in [4.69, 9.17) is 0 Å². The fourth-order valence-corrected chi connectivity index (χ4v) is 19.6. The maximum atomic E-state index is 2.59. The second kappa shape index (κ2) is 12.5. The first-order valence-electron chi connectivity index (χ1n) is 14.6. The molecule has 0 N–H and O–H groups in total. The van der Waals surface area contributed by atoms with Crippen LogP contribution in [0.3, 0.4) is 0 Å². The molecule has 0 aromatic heterocycles. The number of hydrogen-bond acceptors (Lipinski definition) is 0. The molecular weight excluding hydrogens is 532 g/mol. The average Bonchev–Trinajstić information content (AvgIpc) is 3.60. The van der Waals surface area contributed by atoms with Gasteiger partial charge in [0.15, 0.2) is 0 Å². The van der Waals surface area contributed by atoms with Crippen LogP contribution in [0.15, 0.2) is 133 Å². The molecule has 5 aromatic carbocycles. The Labute approximate surface area is 247 Å². The molecule has 1 unspecified atom stereocenters. The normalized spacial score (nSPS) is 14.2. The van der Waals surface area contributed by atoms with E-state index in [1.165, 1.54) is 33.4 Å². The van der Waals surface area contributed by atoms with Gasteiger partial charge in [-0.15, -0.1) is 0 Å². The molecule has 0 saturated carbocycles. The van der Waals surface area contributed by atoms with Crippen LogP contribution in [0.25, 0.3) is 17.2 Å². The molecule has 0 bridgehead atoms. The largest absolute Gasteiger partial charge is 0.0622 e. The number of rotatable bonds is 6. The van der Waals surface area contributed by atoms with Crippen molar-refractivity contribution in [3.05, 3.63) is 167 Å². The zero-order valence-corrected chi connectivity index (χ0v) is 26.3. The van der Waals surface area contributed by atoms with Gasteiger partial charge >= 0.3 is 164 Å². The molecule has 40 heavy (non-hydrogen) atoms. The number of hydrogen-bond donors (Lipinski definition) is 0. The summed E-state index contributed by atoms with van der Waals surface area (Å²) in [5, 5.41) is 0. The fraction of sp³-hybridized carbons (Fsp3) is 0.158. The second-order valence-corrected chi connectivity index (χ2v) is 24.7. The molecule has 0 amide bonds. The van der Waals surface area contributed by atoms with Gasteiger partial charge in [0.25, 0.3) is 0 Å². The van der Waals surface area contributed by atoms with E-state index >= 15 is 0 Å². The Bertz CT molecular complexity index is 1560. The molecule has 0 saturated heterocycles. The molecule has 0 heterocycles. The summed E-state index contributed by atoms with van der Waals surface area (Å²) in [6.07, 6.45) is 8.31.